The van der Waals surface area contributed by atoms with E-state index in [0.29, 0.717) is 25.5 Å². The van der Waals surface area contributed by atoms with Gasteiger partial charge in [0.05, 0.1) is 25.4 Å². The molecule has 132 valence electrons. The molecule has 1 aromatic rings. The van der Waals surface area contributed by atoms with Crippen molar-refractivity contribution in [1.82, 2.24) is 15.2 Å². The Labute approximate surface area is 143 Å². The lowest BCUT2D eigenvalue weighted by Gasteiger charge is -2.47. The highest BCUT2D eigenvalue weighted by Crippen LogP contribution is 2.23. The largest absolute Gasteiger partial charge is 0.394 e. The van der Waals surface area contributed by atoms with Crippen LogP contribution in [0.2, 0.25) is 0 Å². The number of hydrogen-bond donors (Lipinski definition) is 2. The zero-order valence-electron chi connectivity index (χ0n) is 14.5. The van der Waals surface area contributed by atoms with Crippen molar-refractivity contribution in [2.24, 2.45) is 0 Å². The summed E-state index contributed by atoms with van der Waals surface area (Å²) in [7, 11) is 1.96. The molecule has 2 heterocycles. The first-order valence-corrected chi connectivity index (χ1v) is 8.73. The average molecular weight is 333 g/mol. The molecule has 2 atom stereocenters. The molecule has 0 spiro atoms. The van der Waals surface area contributed by atoms with Crippen molar-refractivity contribution in [1.29, 1.82) is 0 Å². The predicted molar refractivity (Wildman–Crippen MR) is 91.1 cm³/mol. The molecular weight excluding hydrogens is 306 g/mol. The number of likely N-dealkylation sites (N-methyl/N-ethyl adjacent to an activating group) is 1. The number of nitrogens with zero attached hydrogens (tertiary/aromatic N) is 2. The van der Waals surface area contributed by atoms with Crippen LogP contribution in [0.3, 0.4) is 0 Å². The molecule has 1 aliphatic carbocycles. The maximum atomic E-state index is 12.5. The maximum absolute atomic E-state index is 12.5. The van der Waals surface area contributed by atoms with E-state index in [1.807, 2.05) is 19.3 Å². The Hall–Kier alpha value is -1.50. The van der Waals surface area contributed by atoms with Gasteiger partial charge in [0.2, 0.25) is 0 Å². The van der Waals surface area contributed by atoms with Crippen molar-refractivity contribution >= 4 is 5.91 Å². The highest BCUT2D eigenvalue weighted by molar-refractivity contribution is 5.92. The van der Waals surface area contributed by atoms with Gasteiger partial charge in [-0.25, -0.2) is 0 Å². The topological polar surface area (TPSA) is 74.7 Å². The van der Waals surface area contributed by atoms with Gasteiger partial charge in [0.15, 0.2) is 0 Å². The number of aryl methyl sites for hydroxylation is 2. The van der Waals surface area contributed by atoms with Gasteiger partial charge in [0.25, 0.3) is 5.91 Å². The number of nitrogens with one attached hydrogen (secondary N) is 1. The molecule has 6 heteroatoms. The van der Waals surface area contributed by atoms with Crippen LogP contribution in [-0.4, -0.2) is 65.9 Å². The summed E-state index contributed by atoms with van der Waals surface area (Å²) in [5.41, 5.74) is 2.38. The van der Waals surface area contributed by atoms with Crippen LogP contribution in [0.5, 0.6) is 0 Å². The van der Waals surface area contributed by atoms with Crippen LogP contribution in [0.1, 0.15) is 41.4 Å². The Bertz CT molecular complexity index is 607. The number of ether oxygens (including phenoxy) is 1. The normalized spacial score (nSPS) is 27.5. The molecule has 24 heavy (non-hydrogen) atoms. The van der Waals surface area contributed by atoms with E-state index in [2.05, 4.69) is 22.1 Å². The van der Waals surface area contributed by atoms with Crippen LogP contribution in [0, 0.1) is 0 Å². The van der Waals surface area contributed by atoms with E-state index >= 15 is 0 Å². The second kappa shape index (κ2) is 7.17. The second-order valence-electron chi connectivity index (χ2n) is 7.09. The number of aliphatic hydroxyl groups excluding tert-OH is 1. The summed E-state index contributed by atoms with van der Waals surface area (Å²) in [6.45, 7) is 3.37. The fourth-order valence-electron chi connectivity index (χ4n) is 3.56. The average Bonchev–Trinajstić information content (AvgIpc) is 2.62. The lowest BCUT2D eigenvalue weighted by Crippen LogP contribution is -2.65. The molecule has 0 radical (unpaired) electrons. The third-order valence-corrected chi connectivity index (χ3v) is 5.47. The van der Waals surface area contributed by atoms with Crippen LogP contribution < -0.4 is 5.32 Å². The second-order valence-corrected chi connectivity index (χ2v) is 7.09. The fraction of sp³-hybridized carbons (Fsp3) is 0.667. The van der Waals surface area contributed by atoms with Gasteiger partial charge in [-0.2, -0.15) is 0 Å². The molecule has 0 saturated carbocycles. The number of rotatable bonds is 4. The minimum absolute atomic E-state index is 0.0638. The molecule has 1 aromatic heterocycles. The molecule has 6 nitrogen and oxygen atoms in total. The van der Waals surface area contributed by atoms with Gasteiger partial charge < -0.3 is 15.2 Å². The number of amides is 1. The summed E-state index contributed by atoms with van der Waals surface area (Å²) >= 11 is 0. The van der Waals surface area contributed by atoms with Gasteiger partial charge >= 0.3 is 0 Å². The maximum Gasteiger partial charge on any atom is 0.269 e. The number of aliphatic hydroxyl groups is 1. The molecular formula is C18H27N3O3. The minimum atomic E-state index is -0.582. The van der Waals surface area contributed by atoms with E-state index in [1.165, 1.54) is 24.0 Å². The summed E-state index contributed by atoms with van der Waals surface area (Å²) < 4.78 is 5.60. The monoisotopic (exact) mass is 333 g/mol. The number of hydrogen-bond acceptors (Lipinski definition) is 5. The summed E-state index contributed by atoms with van der Waals surface area (Å²) in [6.07, 6.45) is 6.28. The third kappa shape index (κ3) is 3.31. The first-order valence-electron chi connectivity index (χ1n) is 8.73. The predicted octanol–water partition coefficient (Wildman–Crippen LogP) is 0.772. The van der Waals surface area contributed by atoms with Crippen LogP contribution >= 0.6 is 0 Å². The summed E-state index contributed by atoms with van der Waals surface area (Å²) in [5, 5.41) is 12.8. The Morgan fingerprint density at radius 1 is 1.46 bits per heavy atom. The van der Waals surface area contributed by atoms with Gasteiger partial charge in [-0.1, -0.05) is 0 Å². The van der Waals surface area contributed by atoms with Crippen molar-refractivity contribution in [3.8, 4) is 0 Å². The van der Waals surface area contributed by atoms with Gasteiger partial charge in [0.1, 0.15) is 5.69 Å². The van der Waals surface area contributed by atoms with Crippen molar-refractivity contribution in [3.05, 3.63) is 29.1 Å². The SMILES string of the molecule is C[C@@H]1COC[C@@](CO)(CNC(=O)c2cc3c(cn2)CCCC3)N1C. The summed E-state index contributed by atoms with van der Waals surface area (Å²) in [4.78, 5) is 18.9. The van der Waals surface area contributed by atoms with E-state index < -0.39 is 5.54 Å². The molecule has 0 aromatic carbocycles. The molecule has 3 rings (SSSR count). The van der Waals surface area contributed by atoms with Gasteiger partial charge in [-0.3, -0.25) is 14.7 Å². The first-order chi connectivity index (χ1) is 11.6. The van der Waals surface area contributed by atoms with Gasteiger partial charge in [-0.05, 0) is 56.8 Å². The number of fused-ring (bicyclic) bond motifs is 1. The van der Waals surface area contributed by atoms with E-state index in [9.17, 15) is 9.90 Å². The van der Waals surface area contributed by atoms with Crippen molar-refractivity contribution < 1.29 is 14.6 Å². The van der Waals surface area contributed by atoms with Crippen LogP contribution in [0.25, 0.3) is 0 Å². The number of morpholine rings is 1. The Morgan fingerprint density at radius 2 is 2.21 bits per heavy atom. The minimum Gasteiger partial charge on any atom is -0.394 e. The smallest absolute Gasteiger partial charge is 0.269 e. The summed E-state index contributed by atoms with van der Waals surface area (Å²) in [6, 6.07) is 2.11. The number of pyridine rings is 1. The third-order valence-electron chi connectivity index (χ3n) is 5.47. The molecule has 2 aliphatic rings. The standard InChI is InChI=1S/C18H27N3O3/c1-13-9-24-12-18(11-22,21(13)2)10-20-17(23)16-7-14-5-3-4-6-15(14)8-19-16/h7-8,13,22H,3-6,9-12H2,1-2H3,(H,20,23)/t13-,18+/m1/s1. The van der Waals surface area contributed by atoms with Gasteiger partial charge in [0, 0.05) is 18.8 Å². The Kier molecular flexibility index (Phi) is 5.18. The van der Waals surface area contributed by atoms with E-state index in [4.69, 9.17) is 4.74 Å². The Morgan fingerprint density at radius 3 is 2.96 bits per heavy atom. The lowest BCUT2D eigenvalue weighted by molar-refractivity contribution is -0.105. The summed E-state index contributed by atoms with van der Waals surface area (Å²) in [5.74, 6) is -0.192. The van der Waals surface area contributed by atoms with Crippen LogP contribution in [0.4, 0.5) is 0 Å². The van der Waals surface area contributed by atoms with Crippen LogP contribution in [-0.2, 0) is 17.6 Å². The van der Waals surface area contributed by atoms with Gasteiger partial charge in [-0.15, -0.1) is 0 Å². The van der Waals surface area contributed by atoms with Crippen molar-refractivity contribution in [2.45, 2.75) is 44.2 Å². The fourth-order valence-corrected chi connectivity index (χ4v) is 3.56. The van der Waals surface area contributed by atoms with Crippen molar-refractivity contribution in [2.75, 3.05) is 33.4 Å². The molecule has 2 N–H and O–H groups in total. The van der Waals surface area contributed by atoms with E-state index in [1.54, 1.807) is 0 Å². The first kappa shape index (κ1) is 17.3. The molecule has 0 bridgehead atoms. The number of carbonyl (C=O) groups is 1. The molecule has 1 saturated heterocycles. The lowest BCUT2D eigenvalue weighted by atomic mass is 9.93. The Balaban J connectivity index is 1.68. The number of aromatic nitrogens is 1. The highest BCUT2D eigenvalue weighted by atomic mass is 16.5. The van der Waals surface area contributed by atoms with Crippen LogP contribution in [0.15, 0.2) is 12.3 Å². The van der Waals surface area contributed by atoms with Crippen molar-refractivity contribution in [3.63, 3.8) is 0 Å². The molecule has 0 unspecified atom stereocenters. The zero-order chi connectivity index (χ0) is 17.2. The van der Waals surface area contributed by atoms with E-state index in [-0.39, 0.29) is 18.6 Å². The molecule has 1 amide bonds. The number of carbonyl (C=O) groups excluding carboxylic acids is 1. The van der Waals surface area contributed by atoms with E-state index in [0.717, 1.165) is 12.8 Å². The highest BCUT2D eigenvalue weighted by Gasteiger charge is 2.40. The molecule has 1 aliphatic heterocycles. The molecule has 1 fully saturated rings. The zero-order valence-corrected chi connectivity index (χ0v) is 14.5. The quantitative estimate of drug-likeness (QED) is 0.851.